The van der Waals surface area contributed by atoms with Gasteiger partial charge < -0.3 is 10.4 Å². The third-order valence-electron chi connectivity index (χ3n) is 2.41. The van der Waals surface area contributed by atoms with Gasteiger partial charge in [-0.1, -0.05) is 0 Å². The Bertz CT molecular complexity index is 299. The van der Waals surface area contributed by atoms with Gasteiger partial charge >= 0.3 is 5.97 Å². The van der Waals surface area contributed by atoms with Crippen molar-refractivity contribution in [1.82, 2.24) is 9.69 Å². The average Bonchev–Trinajstić information content (AvgIpc) is 2.74. The first-order valence-electron chi connectivity index (χ1n) is 4.12. The summed E-state index contributed by atoms with van der Waals surface area (Å²) in [5.41, 5.74) is 1.04. The Kier molecular flexibility index (Phi) is 2.28. The van der Waals surface area contributed by atoms with Gasteiger partial charge in [0.25, 0.3) is 0 Å². The summed E-state index contributed by atoms with van der Waals surface area (Å²) < 4.78 is 3.98. The van der Waals surface area contributed by atoms with Gasteiger partial charge in [-0.15, -0.1) is 0 Å². The summed E-state index contributed by atoms with van der Waals surface area (Å²) in [6.07, 6.45) is 1.76. The molecule has 5 heteroatoms. The third-order valence-corrected chi connectivity index (χ3v) is 3.02. The summed E-state index contributed by atoms with van der Waals surface area (Å²) >= 11 is 1.37. The van der Waals surface area contributed by atoms with Crippen LogP contribution in [0, 0.1) is 5.92 Å². The fraction of sp³-hybridized carbons (Fsp3) is 0.500. The molecular weight excluding hydrogens is 188 g/mol. The molecule has 0 bridgehead atoms. The van der Waals surface area contributed by atoms with E-state index in [9.17, 15) is 4.79 Å². The largest absolute Gasteiger partial charge is 0.481 e. The number of nitrogens with zero attached hydrogens (tertiary/aromatic N) is 1. The van der Waals surface area contributed by atoms with E-state index in [1.54, 1.807) is 6.20 Å². The predicted octanol–water partition coefficient (Wildman–Crippen LogP) is 0.531. The molecular formula is C8H10N2O2S. The number of aromatic nitrogens is 1. The first kappa shape index (κ1) is 8.65. The predicted molar refractivity (Wildman–Crippen MR) is 48.9 cm³/mol. The summed E-state index contributed by atoms with van der Waals surface area (Å²) in [6.45, 7) is 1.31. The van der Waals surface area contributed by atoms with E-state index in [-0.39, 0.29) is 11.8 Å². The normalized spacial score (nSPS) is 27.7. The summed E-state index contributed by atoms with van der Waals surface area (Å²) in [6, 6.07) is 0. The summed E-state index contributed by atoms with van der Waals surface area (Å²) in [4.78, 5) is 10.9. The first-order chi connectivity index (χ1) is 6.29. The number of rotatable bonds is 2. The van der Waals surface area contributed by atoms with Gasteiger partial charge in [-0.25, -0.2) is 4.37 Å². The highest BCUT2D eigenvalue weighted by Crippen LogP contribution is 2.28. The highest BCUT2D eigenvalue weighted by atomic mass is 32.1. The van der Waals surface area contributed by atoms with E-state index < -0.39 is 5.97 Å². The molecule has 2 unspecified atom stereocenters. The second-order valence-electron chi connectivity index (χ2n) is 3.17. The molecule has 2 atom stereocenters. The van der Waals surface area contributed by atoms with Crippen molar-refractivity contribution in [3.63, 3.8) is 0 Å². The van der Waals surface area contributed by atoms with Crippen LogP contribution in [0.1, 0.15) is 11.5 Å². The lowest BCUT2D eigenvalue weighted by Gasteiger charge is -2.11. The first-order valence-corrected chi connectivity index (χ1v) is 4.95. The number of aliphatic carboxylic acids is 1. The van der Waals surface area contributed by atoms with Gasteiger partial charge in [0.15, 0.2) is 0 Å². The summed E-state index contributed by atoms with van der Waals surface area (Å²) in [5.74, 6) is -0.922. The molecule has 1 aromatic rings. The number of carboxylic acids is 1. The van der Waals surface area contributed by atoms with Gasteiger partial charge in [-0.05, 0) is 17.1 Å². The molecule has 4 nitrogen and oxygen atoms in total. The van der Waals surface area contributed by atoms with Crippen molar-refractivity contribution in [2.24, 2.45) is 5.92 Å². The van der Waals surface area contributed by atoms with Crippen LogP contribution in [-0.2, 0) is 4.79 Å². The molecule has 2 rings (SSSR count). The Labute approximate surface area is 79.8 Å². The Balaban J connectivity index is 2.19. The van der Waals surface area contributed by atoms with E-state index in [1.165, 1.54) is 11.5 Å². The van der Waals surface area contributed by atoms with Gasteiger partial charge in [-0.3, -0.25) is 4.79 Å². The van der Waals surface area contributed by atoms with Crippen LogP contribution in [0.25, 0.3) is 0 Å². The smallest absolute Gasteiger partial charge is 0.308 e. The van der Waals surface area contributed by atoms with E-state index in [0.29, 0.717) is 6.54 Å². The second kappa shape index (κ2) is 3.43. The van der Waals surface area contributed by atoms with Crippen LogP contribution in [0.4, 0.5) is 0 Å². The zero-order valence-corrected chi connectivity index (χ0v) is 7.75. The molecule has 1 aliphatic heterocycles. The van der Waals surface area contributed by atoms with Crippen molar-refractivity contribution in [2.75, 3.05) is 13.1 Å². The van der Waals surface area contributed by atoms with Crippen molar-refractivity contribution < 1.29 is 9.90 Å². The number of carboxylic acid groups (broad SMARTS) is 1. The Hall–Kier alpha value is -0.940. The molecule has 1 aromatic heterocycles. The molecule has 70 valence electrons. The van der Waals surface area contributed by atoms with E-state index in [2.05, 4.69) is 9.69 Å². The average molecular weight is 198 g/mol. The fourth-order valence-corrected chi connectivity index (χ4v) is 2.29. The molecule has 0 aromatic carbocycles. The minimum Gasteiger partial charge on any atom is -0.481 e. The maximum Gasteiger partial charge on any atom is 0.308 e. The number of hydrogen-bond acceptors (Lipinski definition) is 4. The number of nitrogens with one attached hydrogen (secondary N) is 1. The van der Waals surface area contributed by atoms with Crippen LogP contribution in [0.2, 0.25) is 0 Å². The van der Waals surface area contributed by atoms with Crippen LogP contribution in [0.3, 0.4) is 0 Å². The molecule has 0 spiro atoms. The van der Waals surface area contributed by atoms with Crippen molar-refractivity contribution >= 4 is 17.5 Å². The Morgan fingerprint density at radius 2 is 2.54 bits per heavy atom. The van der Waals surface area contributed by atoms with E-state index >= 15 is 0 Å². The third kappa shape index (κ3) is 1.57. The fourth-order valence-electron chi connectivity index (χ4n) is 1.68. The van der Waals surface area contributed by atoms with Gasteiger partial charge in [0.1, 0.15) is 0 Å². The molecule has 0 aliphatic carbocycles. The van der Waals surface area contributed by atoms with E-state index in [4.69, 9.17) is 5.11 Å². The van der Waals surface area contributed by atoms with Crippen LogP contribution in [-0.4, -0.2) is 28.5 Å². The molecule has 13 heavy (non-hydrogen) atoms. The molecule has 0 radical (unpaired) electrons. The zero-order chi connectivity index (χ0) is 9.26. The lowest BCUT2D eigenvalue weighted by molar-refractivity contribution is -0.141. The molecule has 1 saturated heterocycles. The minimum atomic E-state index is -0.721. The highest BCUT2D eigenvalue weighted by molar-refractivity contribution is 7.03. The maximum atomic E-state index is 10.9. The molecule has 1 aliphatic rings. The van der Waals surface area contributed by atoms with Gasteiger partial charge in [0, 0.05) is 30.6 Å². The Morgan fingerprint density at radius 3 is 3.15 bits per heavy atom. The quantitative estimate of drug-likeness (QED) is 0.727. The number of hydrogen-bond donors (Lipinski definition) is 2. The molecule has 1 fully saturated rings. The summed E-state index contributed by atoms with van der Waals surface area (Å²) in [5, 5.41) is 13.9. The molecule has 0 saturated carbocycles. The topological polar surface area (TPSA) is 62.2 Å². The molecule has 0 amide bonds. The number of carbonyl (C=O) groups is 1. The van der Waals surface area contributed by atoms with Crippen LogP contribution in [0.5, 0.6) is 0 Å². The van der Waals surface area contributed by atoms with Crippen molar-refractivity contribution in [1.29, 1.82) is 0 Å². The SMILES string of the molecule is O=C(O)C1CNCC1c1cnsc1. The van der Waals surface area contributed by atoms with Crippen LogP contribution >= 0.6 is 11.5 Å². The van der Waals surface area contributed by atoms with Crippen LogP contribution in [0.15, 0.2) is 11.6 Å². The van der Waals surface area contributed by atoms with E-state index in [1.807, 2.05) is 5.38 Å². The van der Waals surface area contributed by atoms with E-state index in [0.717, 1.165) is 12.1 Å². The summed E-state index contributed by atoms with van der Waals surface area (Å²) in [7, 11) is 0. The molecule has 2 N–H and O–H groups in total. The Morgan fingerprint density at radius 1 is 1.69 bits per heavy atom. The lowest BCUT2D eigenvalue weighted by Crippen LogP contribution is -2.20. The van der Waals surface area contributed by atoms with Crippen molar-refractivity contribution in [3.8, 4) is 0 Å². The lowest BCUT2D eigenvalue weighted by atomic mass is 9.91. The van der Waals surface area contributed by atoms with Crippen molar-refractivity contribution in [3.05, 3.63) is 17.1 Å². The highest BCUT2D eigenvalue weighted by Gasteiger charge is 2.34. The maximum absolute atomic E-state index is 10.9. The van der Waals surface area contributed by atoms with Gasteiger partial charge in [0.2, 0.25) is 0 Å². The van der Waals surface area contributed by atoms with Crippen molar-refractivity contribution in [2.45, 2.75) is 5.92 Å². The van der Waals surface area contributed by atoms with Crippen LogP contribution < -0.4 is 5.32 Å². The minimum absolute atomic E-state index is 0.0937. The zero-order valence-electron chi connectivity index (χ0n) is 6.93. The van der Waals surface area contributed by atoms with Gasteiger partial charge in [-0.2, -0.15) is 0 Å². The monoisotopic (exact) mass is 198 g/mol. The van der Waals surface area contributed by atoms with Gasteiger partial charge in [0.05, 0.1) is 5.92 Å². The second-order valence-corrected chi connectivity index (χ2v) is 3.82. The standard InChI is InChI=1S/C8H10N2O2S/c11-8(12)7-3-9-2-6(7)5-1-10-13-4-5/h1,4,6-7,9H,2-3H2,(H,11,12). The molecule has 2 heterocycles.